The normalized spacial score (nSPS) is 10.0. The molecule has 0 aliphatic rings. The zero-order valence-electron chi connectivity index (χ0n) is 6.65. The van der Waals surface area contributed by atoms with E-state index in [0.29, 0.717) is 5.69 Å². The SMILES string of the molecule is Cc1cc2cccc(C#N)n2n1. The zero-order valence-corrected chi connectivity index (χ0v) is 6.65. The van der Waals surface area contributed by atoms with Crippen LogP contribution in [0.15, 0.2) is 24.3 Å². The molecule has 12 heavy (non-hydrogen) atoms. The van der Waals surface area contributed by atoms with E-state index < -0.39 is 0 Å². The van der Waals surface area contributed by atoms with E-state index in [1.807, 2.05) is 25.1 Å². The molecule has 2 heterocycles. The second kappa shape index (κ2) is 2.35. The van der Waals surface area contributed by atoms with Gasteiger partial charge in [-0.05, 0) is 25.1 Å². The van der Waals surface area contributed by atoms with Crippen molar-refractivity contribution in [3.05, 3.63) is 35.7 Å². The molecule has 0 N–H and O–H groups in total. The van der Waals surface area contributed by atoms with Crippen LogP contribution in [0.5, 0.6) is 0 Å². The molecular formula is C9H7N3. The number of aryl methyl sites for hydroxylation is 1. The van der Waals surface area contributed by atoms with Gasteiger partial charge in [0.2, 0.25) is 0 Å². The molecule has 3 heteroatoms. The molecule has 3 nitrogen and oxygen atoms in total. The molecule has 2 aromatic heterocycles. The summed E-state index contributed by atoms with van der Waals surface area (Å²) >= 11 is 0. The van der Waals surface area contributed by atoms with Crippen molar-refractivity contribution >= 4 is 5.52 Å². The molecule has 0 saturated heterocycles. The van der Waals surface area contributed by atoms with Crippen LogP contribution < -0.4 is 0 Å². The van der Waals surface area contributed by atoms with Gasteiger partial charge in [0.05, 0.1) is 11.2 Å². The van der Waals surface area contributed by atoms with Gasteiger partial charge in [-0.1, -0.05) is 6.07 Å². The number of fused-ring (bicyclic) bond motifs is 1. The van der Waals surface area contributed by atoms with Gasteiger partial charge in [0.15, 0.2) is 0 Å². The van der Waals surface area contributed by atoms with Crippen LogP contribution in [0, 0.1) is 18.3 Å². The van der Waals surface area contributed by atoms with Gasteiger partial charge in [-0.2, -0.15) is 10.4 Å². The third kappa shape index (κ3) is 0.857. The van der Waals surface area contributed by atoms with Gasteiger partial charge in [-0.3, -0.25) is 0 Å². The summed E-state index contributed by atoms with van der Waals surface area (Å²) in [5.41, 5.74) is 2.46. The second-order valence-corrected chi connectivity index (χ2v) is 2.65. The highest BCUT2D eigenvalue weighted by atomic mass is 15.2. The Morgan fingerprint density at radius 2 is 2.33 bits per heavy atom. The molecule has 0 saturated carbocycles. The smallest absolute Gasteiger partial charge is 0.142 e. The summed E-state index contributed by atoms with van der Waals surface area (Å²) in [5, 5.41) is 12.9. The van der Waals surface area contributed by atoms with Crippen LogP contribution in [0.2, 0.25) is 0 Å². The van der Waals surface area contributed by atoms with Gasteiger partial charge >= 0.3 is 0 Å². The number of nitrogens with zero attached hydrogens (tertiary/aromatic N) is 3. The van der Waals surface area contributed by atoms with Crippen LogP contribution in [0.3, 0.4) is 0 Å². The highest BCUT2D eigenvalue weighted by Crippen LogP contribution is 2.07. The Balaban J connectivity index is 2.89. The van der Waals surface area contributed by atoms with E-state index in [4.69, 9.17) is 5.26 Å². The fourth-order valence-electron chi connectivity index (χ4n) is 1.22. The number of nitriles is 1. The van der Waals surface area contributed by atoms with Gasteiger partial charge in [0, 0.05) is 0 Å². The number of aromatic nitrogens is 2. The summed E-state index contributed by atoms with van der Waals surface area (Å²) in [7, 11) is 0. The molecule has 0 atom stereocenters. The quantitative estimate of drug-likeness (QED) is 0.581. The van der Waals surface area contributed by atoms with E-state index in [0.717, 1.165) is 11.2 Å². The monoisotopic (exact) mass is 157 g/mol. The van der Waals surface area contributed by atoms with Crippen molar-refractivity contribution in [2.45, 2.75) is 6.92 Å². The second-order valence-electron chi connectivity index (χ2n) is 2.65. The van der Waals surface area contributed by atoms with Crippen molar-refractivity contribution < 1.29 is 0 Å². The van der Waals surface area contributed by atoms with E-state index >= 15 is 0 Å². The van der Waals surface area contributed by atoms with E-state index in [9.17, 15) is 0 Å². The topological polar surface area (TPSA) is 41.1 Å². The number of rotatable bonds is 0. The average Bonchev–Trinajstić information content (AvgIpc) is 2.44. The van der Waals surface area contributed by atoms with Gasteiger partial charge in [0.1, 0.15) is 11.8 Å². The van der Waals surface area contributed by atoms with Gasteiger partial charge in [-0.15, -0.1) is 0 Å². The van der Waals surface area contributed by atoms with Crippen LogP contribution >= 0.6 is 0 Å². The highest BCUT2D eigenvalue weighted by Gasteiger charge is 2.00. The predicted molar refractivity (Wildman–Crippen MR) is 44.6 cm³/mol. The first-order valence-electron chi connectivity index (χ1n) is 3.67. The predicted octanol–water partition coefficient (Wildman–Crippen LogP) is 1.51. The Kier molecular flexibility index (Phi) is 1.34. The van der Waals surface area contributed by atoms with Crippen molar-refractivity contribution in [2.24, 2.45) is 0 Å². The van der Waals surface area contributed by atoms with E-state index in [1.165, 1.54) is 0 Å². The molecule has 0 unspecified atom stereocenters. The minimum absolute atomic E-state index is 0.570. The molecule has 2 aromatic rings. The minimum Gasteiger partial charge on any atom is -0.223 e. The molecular weight excluding hydrogens is 150 g/mol. The Labute approximate surface area is 69.9 Å². The highest BCUT2D eigenvalue weighted by molar-refractivity contribution is 5.50. The van der Waals surface area contributed by atoms with Crippen LogP contribution in [0.25, 0.3) is 5.52 Å². The third-order valence-electron chi connectivity index (χ3n) is 1.72. The van der Waals surface area contributed by atoms with Crippen molar-refractivity contribution in [1.82, 2.24) is 9.61 Å². The van der Waals surface area contributed by atoms with E-state index in [-0.39, 0.29) is 0 Å². The lowest BCUT2D eigenvalue weighted by Gasteiger charge is -1.93. The van der Waals surface area contributed by atoms with Crippen molar-refractivity contribution in [2.75, 3.05) is 0 Å². The Morgan fingerprint density at radius 3 is 3.08 bits per heavy atom. The minimum atomic E-state index is 0.570. The molecule has 0 amide bonds. The van der Waals surface area contributed by atoms with Crippen molar-refractivity contribution in [1.29, 1.82) is 5.26 Å². The molecule has 0 bridgehead atoms. The molecule has 2 rings (SSSR count). The Bertz CT molecular complexity index is 462. The maximum atomic E-state index is 8.73. The first-order valence-corrected chi connectivity index (χ1v) is 3.67. The van der Waals surface area contributed by atoms with Crippen LogP contribution in [0.1, 0.15) is 11.4 Å². The first-order chi connectivity index (χ1) is 5.81. The molecule has 0 aliphatic heterocycles. The number of pyridine rings is 1. The maximum absolute atomic E-state index is 8.73. The lowest BCUT2D eigenvalue weighted by Crippen LogP contribution is -1.92. The van der Waals surface area contributed by atoms with Gasteiger partial charge in [0.25, 0.3) is 0 Å². The molecule has 0 aliphatic carbocycles. The van der Waals surface area contributed by atoms with Crippen molar-refractivity contribution in [3.8, 4) is 6.07 Å². The molecule has 0 fully saturated rings. The van der Waals surface area contributed by atoms with Crippen molar-refractivity contribution in [3.63, 3.8) is 0 Å². The largest absolute Gasteiger partial charge is 0.223 e. The lowest BCUT2D eigenvalue weighted by molar-refractivity contribution is 0.917. The summed E-state index contributed by atoms with van der Waals surface area (Å²) in [4.78, 5) is 0. The summed E-state index contributed by atoms with van der Waals surface area (Å²) in [6.45, 7) is 1.91. The van der Waals surface area contributed by atoms with Gasteiger partial charge in [-0.25, -0.2) is 4.52 Å². The standard InChI is InChI=1S/C9H7N3/c1-7-5-8-3-2-4-9(6-10)12(8)11-7/h2-5H,1H3. The fraction of sp³-hybridized carbons (Fsp3) is 0.111. The molecule has 0 aromatic carbocycles. The Morgan fingerprint density at radius 1 is 1.50 bits per heavy atom. The molecule has 0 radical (unpaired) electrons. The molecule has 0 spiro atoms. The van der Waals surface area contributed by atoms with E-state index in [2.05, 4.69) is 11.2 Å². The number of hydrogen-bond donors (Lipinski definition) is 0. The fourth-order valence-corrected chi connectivity index (χ4v) is 1.22. The first kappa shape index (κ1) is 6.86. The summed E-state index contributed by atoms with van der Waals surface area (Å²) < 4.78 is 1.65. The average molecular weight is 157 g/mol. The molecule has 58 valence electrons. The van der Waals surface area contributed by atoms with E-state index in [1.54, 1.807) is 10.6 Å². The van der Waals surface area contributed by atoms with Crippen LogP contribution in [-0.2, 0) is 0 Å². The van der Waals surface area contributed by atoms with Crippen LogP contribution in [0.4, 0.5) is 0 Å². The Hall–Kier alpha value is -1.82. The third-order valence-corrected chi connectivity index (χ3v) is 1.72. The zero-order chi connectivity index (χ0) is 8.55. The number of hydrogen-bond acceptors (Lipinski definition) is 2. The summed E-state index contributed by atoms with van der Waals surface area (Å²) in [5.74, 6) is 0. The van der Waals surface area contributed by atoms with Crippen LogP contribution in [-0.4, -0.2) is 9.61 Å². The lowest BCUT2D eigenvalue weighted by atomic mass is 10.3. The summed E-state index contributed by atoms with van der Waals surface area (Å²) in [6.07, 6.45) is 0. The summed E-state index contributed by atoms with van der Waals surface area (Å²) in [6, 6.07) is 9.57. The maximum Gasteiger partial charge on any atom is 0.142 e. The van der Waals surface area contributed by atoms with Gasteiger partial charge < -0.3 is 0 Å².